The van der Waals surface area contributed by atoms with Crippen molar-refractivity contribution in [3.05, 3.63) is 73.1 Å². The molecule has 0 bridgehead atoms. The Bertz CT molecular complexity index is 964. The summed E-state index contributed by atoms with van der Waals surface area (Å²) in [6.07, 6.45) is 3.84. The molecule has 8 heteroatoms. The van der Waals surface area contributed by atoms with Gasteiger partial charge in [0.2, 0.25) is 0 Å². The number of nitrogens with one attached hydrogen (secondary N) is 2. The summed E-state index contributed by atoms with van der Waals surface area (Å²) in [5.41, 5.74) is 1.98. The molecule has 3 aromatic rings. The van der Waals surface area contributed by atoms with Crippen LogP contribution in [0.2, 0.25) is 0 Å². The lowest BCUT2D eigenvalue weighted by Gasteiger charge is -2.09. The Morgan fingerprint density at radius 1 is 0.840 bits per heavy atom. The molecule has 2 aromatic carbocycles. The molecule has 0 aliphatic heterocycles. The number of hydrogen-bond donors (Lipinski definition) is 3. The number of anilines is 2. The van der Waals surface area contributed by atoms with E-state index in [1.807, 2.05) is 41.2 Å². The monoisotopic (exact) mass is 357 g/mol. The highest BCUT2D eigenvalue weighted by atomic mass is 32.2. The van der Waals surface area contributed by atoms with E-state index < -0.39 is 16.1 Å². The molecule has 7 nitrogen and oxygen atoms in total. The van der Waals surface area contributed by atoms with Crippen molar-refractivity contribution in [1.82, 2.24) is 4.57 Å². The Morgan fingerprint density at radius 3 is 1.80 bits per heavy atom. The second kappa shape index (κ2) is 6.80. The predicted octanol–water partition coefficient (Wildman–Crippen LogP) is 3.37. The van der Waals surface area contributed by atoms with Crippen LogP contribution in [0.4, 0.5) is 16.2 Å². The highest BCUT2D eigenvalue weighted by Crippen LogP contribution is 2.16. The van der Waals surface area contributed by atoms with Crippen LogP contribution >= 0.6 is 0 Å². The van der Waals surface area contributed by atoms with Gasteiger partial charge in [0.25, 0.3) is 10.1 Å². The summed E-state index contributed by atoms with van der Waals surface area (Å²) in [7, 11) is -4.25. The number of benzene rings is 2. The molecule has 0 fully saturated rings. The molecule has 3 rings (SSSR count). The molecular weight excluding hydrogens is 342 g/mol. The summed E-state index contributed by atoms with van der Waals surface area (Å²) in [5.74, 6) is 0. The van der Waals surface area contributed by atoms with Gasteiger partial charge >= 0.3 is 6.03 Å². The number of hydrogen-bond acceptors (Lipinski definition) is 3. The van der Waals surface area contributed by atoms with Crippen LogP contribution in [0, 0.1) is 0 Å². The zero-order valence-electron chi connectivity index (χ0n) is 13.0. The van der Waals surface area contributed by atoms with Crippen molar-refractivity contribution < 1.29 is 17.8 Å². The minimum absolute atomic E-state index is 0.237. The van der Waals surface area contributed by atoms with Crippen LogP contribution in [-0.2, 0) is 10.1 Å². The molecule has 0 aliphatic carbocycles. The van der Waals surface area contributed by atoms with Crippen molar-refractivity contribution in [2.45, 2.75) is 4.90 Å². The normalized spacial score (nSPS) is 11.1. The van der Waals surface area contributed by atoms with Crippen LogP contribution in [-0.4, -0.2) is 23.6 Å². The van der Waals surface area contributed by atoms with Crippen molar-refractivity contribution >= 4 is 27.5 Å². The fraction of sp³-hybridized carbons (Fsp3) is 0. The first kappa shape index (κ1) is 16.7. The summed E-state index contributed by atoms with van der Waals surface area (Å²) in [4.78, 5) is 11.7. The third-order valence-electron chi connectivity index (χ3n) is 3.44. The molecule has 0 saturated carbocycles. The van der Waals surface area contributed by atoms with Crippen molar-refractivity contribution in [1.29, 1.82) is 0 Å². The number of carbonyl (C=O) groups is 1. The van der Waals surface area contributed by atoms with E-state index in [0.29, 0.717) is 11.4 Å². The van der Waals surface area contributed by atoms with Crippen LogP contribution < -0.4 is 10.6 Å². The Kier molecular flexibility index (Phi) is 4.55. The van der Waals surface area contributed by atoms with Gasteiger partial charge in [-0.1, -0.05) is 0 Å². The van der Waals surface area contributed by atoms with E-state index in [1.54, 1.807) is 12.1 Å². The maximum absolute atomic E-state index is 12.0. The van der Waals surface area contributed by atoms with Gasteiger partial charge in [0.15, 0.2) is 0 Å². The first-order valence-electron chi connectivity index (χ1n) is 7.31. The zero-order valence-corrected chi connectivity index (χ0v) is 13.8. The van der Waals surface area contributed by atoms with Crippen LogP contribution in [0.3, 0.4) is 0 Å². The molecule has 1 heterocycles. The molecule has 0 unspecified atom stereocenters. The molecule has 0 aliphatic rings. The molecular formula is C17H15N3O4S. The SMILES string of the molecule is O=C(Nc1ccc(-n2cccc2)cc1)Nc1ccc(S(=O)(=O)O)cc1. The number of rotatable bonds is 4. The van der Waals surface area contributed by atoms with Gasteiger partial charge in [0.05, 0.1) is 4.90 Å². The molecule has 2 amide bonds. The Labute approximate surface area is 144 Å². The summed E-state index contributed by atoms with van der Waals surface area (Å²) in [6.45, 7) is 0. The molecule has 0 saturated heterocycles. The molecule has 3 N–H and O–H groups in total. The highest BCUT2D eigenvalue weighted by molar-refractivity contribution is 7.85. The van der Waals surface area contributed by atoms with E-state index in [2.05, 4.69) is 10.6 Å². The zero-order chi connectivity index (χ0) is 17.9. The second-order valence-corrected chi connectivity index (χ2v) is 6.64. The summed E-state index contributed by atoms with van der Waals surface area (Å²) >= 11 is 0. The molecule has 0 atom stereocenters. The van der Waals surface area contributed by atoms with E-state index in [-0.39, 0.29) is 4.90 Å². The van der Waals surface area contributed by atoms with E-state index >= 15 is 0 Å². The van der Waals surface area contributed by atoms with Crippen molar-refractivity contribution in [2.24, 2.45) is 0 Å². The second-order valence-electron chi connectivity index (χ2n) is 5.22. The van der Waals surface area contributed by atoms with Crippen LogP contribution in [0.5, 0.6) is 0 Å². The van der Waals surface area contributed by atoms with E-state index in [9.17, 15) is 13.2 Å². The van der Waals surface area contributed by atoms with Crippen LogP contribution in [0.1, 0.15) is 0 Å². The number of urea groups is 1. The van der Waals surface area contributed by atoms with Crippen LogP contribution in [0.25, 0.3) is 5.69 Å². The Balaban J connectivity index is 1.62. The fourth-order valence-corrected chi connectivity index (χ4v) is 2.71. The quantitative estimate of drug-likeness (QED) is 0.623. The summed E-state index contributed by atoms with van der Waals surface area (Å²) in [5, 5.41) is 5.26. The van der Waals surface area contributed by atoms with Gasteiger partial charge < -0.3 is 15.2 Å². The van der Waals surface area contributed by atoms with Gasteiger partial charge in [-0.25, -0.2) is 4.79 Å². The van der Waals surface area contributed by atoms with Crippen molar-refractivity contribution in [2.75, 3.05) is 10.6 Å². The third-order valence-corrected chi connectivity index (χ3v) is 4.31. The fourth-order valence-electron chi connectivity index (χ4n) is 2.23. The highest BCUT2D eigenvalue weighted by Gasteiger charge is 2.09. The average Bonchev–Trinajstić information content (AvgIpc) is 3.09. The topological polar surface area (TPSA) is 100 Å². The van der Waals surface area contributed by atoms with Crippen molar-refractivity contribution in [3.63, 3.8) is 0 Å². The number of nitrogens with zero attached hydrogens (tertiary/aromatic N) is 1. The summed E-state index contributed by atoms with van der Waals surface area (Å²) in [6, 6.07) is 15.9. The van der Waals surface area contributed by atoms with Crippen LogP contribution in [0.15, 0.2) is 78.0 Å². The molecule has 128 valence electrons. The predicted molar refractivity (Wildman–Crippen MR) is 94.7 cm³/mol. The van der Waals surface area contributed by atoms with Gasteiger partial charge in [-0.3, -0.25) is 4.55 Å². The molecule has 0 radical (unpaired) electrons. The number of amides is 2. The maximum atomic E-state index is 12.0. The van der Waals surface area contributed by atoms with E-state index in [4.69, 9.17) is 4.55 Å². The minimum atomic E-state index is -4.25. The van der Waals surface area contributed by atoms with E-state index in [0.717, 1.165) is 5.69 Å². The largest absolute Gasteiger partial charge is 0.324 e. The molecule has 25 heavy (non-hydrogen) atoms. The van der Waals surface area contributed by atoms with Gasteiger partial charge in [0, 0.05) is 29.5 Å². The molecule has 0 spiro atoms. The lowest BCUT2D eigenvalue weighted by atomic mass is 10.3. The number of carbonyl (C=O) groups excluding carboxylic acids is 1. The summed E-state index contributed by atoms with van der Waals surface area (Å²) < 4.78 is 32.8. The lowest BCUT2D eigenvalue weighted by Crippen LogP contribution is -2.19. The lowest BCUT2D eigenvalue weighted by molar-refractivity contribution is 0.262. The molecule has 1 aromatic heterocycles. The smallest absolute Gasteiger partial charge is 0.323 e. The minimum Gasteiger partial charge on any atom is -0.324 e. The van der Waals surface area contributed by atoms with Gasteiger partial charge in [-0.2, -0.15) is 8.42 Å². The Hall–Kier alpha value is -3.10. The average molecular weight is 357 g/mol. The standard InChI is InChI=1S/C17H15N3O4S/c21-17(19-14-5-9-16(10-6-14)25(22,23)24)18-13-3-7-15(8-4-13)20-11-1-2-12-20/h1-12H,(H2,18,19,21)(H,22,23,24). The number of aromatic nitrogens is 1. The van der Waals surface area contributed by atoms with E-state index in [1.165, 1.54) is 24.3 Å². The first-order valence-corrected chi connectivity index (χ1v) is 8.75. The van der Waals surface area contributed by atoms with Gasteiger partial charge in [0.1, 0.15) is 0 Å². The van der Waals surface area contributed by atoms with Crippen molar-refractivity contribution in [3.8, 4) is 5.69 Å². The first-order chi connectivity index (χ1) is 11.9. The van der Waals surface area contributed by atoms with Gasteiger partial charge in [-0.15, -0.1) is 0 Å². The maximum Gasteiger partial charge on any atom is 0.323 e. The van der Waals surface area contributed by atoms with Gasteiger partial charge in [-0.05, 0) is 60.7 Å². The Morgan fingerprint density at radius 2 is 1.32 bits per heavy atom. The third kappa shape index (κ3) is 4.25.